The second-order valence-electron chi connectivity index (χ2n) is 8.40. The van der Waals surface area contributed by atoms with Crippen molar-refractivity contribution in [1.29, 1.82) is 0 Å². The minimum Gasteiger partial charge on any atom is -0.497 e. The summed E-state index contributed by atoms with van der Waals surface area (Å²) < 4.78 is 7.31. The van der Waals surface area contributed by atoms with Crippen molar-refractivity contribution in [2.24, 2.45) is 0 Å². The molecule has 0 spiro atoms. The van der Waals surface area contributed by atoms with Crippen molar-refractivity contribution in [1.82, 2.24) is 19.7 Å². The van der Waals surface area contributed by atoms with E-state index in [9.17, 15) is 4.79 Å². The molecule has 4 aromatic rings. The lowest BCUT2D eigenvalue weighted by molar-refractivity contribution is -0.128. The molecule has 1 aliphatic heterocycles. The fourth-order valence-corrected chi connectivity index (χ4v) is 5.95. The Bertz CT molecular complexity index is 1330. The third kappa shape index (κ3) is 5.23. The molecule has 0 saturated carbocycles. The summed E-state index contributed by atoms with van der Waals surface area (Å²) in [5.74, 6) is 1.94. The number of thioether (sulfide) groups is 1. The zero-order valence-electron chi connectivity index (χ0n) is 20.1. The first-order valence-corrected chi connectivity index (χ1v) is 13.8. The molecule has 0 atom stereocenters. The van der Waals surface area contributed by atoms with Crippen LogP contribution < -0.4 is 9.64 Å². The highest BCUT2D eigenvalue weighted by Crippen LogP contribution is 2.31. The van der Waals surface area contributed by atoms with Gasteiger partial charge in [-0.05, 0) is 60.3 Å². The van der Waals surface area contributed by atoms with Crippen molar-refractivity contribution in [2.75, 3.05) is 43.9 Å². The fraction of sp³-hybridized carbons (Fsp3) is 0.269. The standard InChI is InChI=1S/C26H26ClN5O2S2/c1-18-5-6-19(27)16-22(18)30-11-13-31(14-12-30)24(33)17-36-26-29-28-25(23-4-3-15-35-23)32(26)20-7-9-21(34-2)10-8-20/h3-10,15-16H,11-14,17H2,1-2H3. The number of hydrogen-bond acceptors (Lipinski definition) is 7. The van der Waals surface area contributed by atoms with Crippen LogP contribution in [0.5, 0.6) is 5.75 Å². The number of halogens is 1. The lowest BCUT2D eigenvalue weighted by Gasteiger charge is -2.36. The number of aryl methyl sites for hydroxylation is 1. The van der Waals surface area contributed by atoms with Crippen LogP contribution in [0.2, 0.25) is 5.02 Å². The Kier molecular flexibility index (Phi) is 7.50. The molecule has 5 rings (SSSR count). The lowest BCUT2D eigenvalue weighted by atomic mass is 10.1. The first kappa shape index (κ1) is 24.7. The van der Waals surface area contributed by atoms with Crippen LogP contribution in [0.1, 0.15) is 5.56 Å². The number of carbonyl (C=O) groups excluding carboxylic acids is 1. The van der Waals surface area contributed by atoms with Crippen molar-refractivity contribution in [3.63, 3.8) is 0 Å². The number of benzene rings is 2. The summed E-state index contributed by atoms with van der Waals surface area (Å²) in [6.45, 7) is 5.00. The quantitative estimate of drug-likeness (QED) is 0.293. The molecule has 7 nitrogen and oxygen atoms in total. The van der Waals surface area contributed by atoms with Gasteiger partial charge in [0.25, 0.3) is 0 Å². The Labute approximate surface area is 223 Å². The molecule has 1 fully saturated rings. The van der Waals surface area contributed by atoms with E-state index < -0.39 is 0 Å². The molecule has 0 N–H and O–H groups in total. The SMILES string of the molecule is COc1ccc(-n2c(SCC(=O)N3CCN(c4cc(Cl)ccc4C)CC3)nnc2-c2cccs2)cc1. The van der Waals surface area contributed by atoms with Crippen LogP contribution in [0.25, 0.3) is 16.4 Å². The third-order valence-corrected chi connectivity index (χ3v) is 8.19. The highest BCUT2D eigenvalue weighted by molar-refractivity contribution is 7.99. The number of nitrogens with zero attached hydrogens (tertiary/aromatic N) is 5. The van der Waals surface area contributed by atoms with Gasteiger partial charge in [0.2, 0.25) is 5.91 Å². The van der Waals surface area contributed by atoms with Crippen molar-refractivity contribution in [3.05, 3.63) is 70.6 Å². The van der Waals surface area contributed by atoms with Crippen LogP contribution in [-0.4, -0.2) is 64.6 Å². The fourth-order valence-electron chi connectivity index (χ4n) is 4.23. The number of thiophene rings is 1. The minimum absolute atomic E-state index is 0.101. The average Bonchev–Trinajstić information content (AvgIpc) is 3.59. The molecule has 3 heterocycles. The van der Waals surface area contributed by atoms with Gasteiger partial charge < -0.3 is 14.5 Å². The Balaban J connectivity index is 1.28. The van der Waals surface area contributed by atoms with Crippen LogP contribution in [0.3, 0.4) is 0 Å². The Morgan fingerprint density at radius 3 is 2.56 bits per heavy atom. The van der Waals surface area contributed by atoms with Crippen molar-refractivity contribution in [2.45, 2.75) is 12.1 Å². The first-order chi connectivity index (χ1) is 17.5. The van der Waals surface area contributed by atoms with E-state index in [1.165, 1.54) is 17.3 Å². The van der Waals surface area contributed by atoms with E-state index in [-0.39, 0.29) is 5.91 Å². The number of piperazine rings is 1. The Morgan fingerprint density at radius 2 is 1.86 bits per heavy atom. The molecule has 1 saturated heterocycles. The molecule has 0 unspecified atom stereocenters. The normalized spacial score (nSPS) is 13.8. The van der Waals surface area contributed by atoms with Gasteiger partial charge in [0.15, 0.2) is 11.0 Å². The molecule has 0 bridgehead atoms. The number of anilines is 1. The van der Waals surface area contributed by atoms with E-state index in [2.05, 4.69) is 22.0 Å². The van der Waals surface area contributed by atoms with Gasteiger partial charge in [-0.25, -0.2) is 0 Å². The lowest BCUT2D eigenvalue weighted by Crippen LogP contribution is -2.49. The van der Waals surface area contributed by atoms with E-state index in [1.54, 1.807) is 18.4 Å². The molecule has 36 heavy (non-hydrogen) atoms. The highest BCUT2D eigenvalue weighted by Gasteiger charge is 2.24. The number of rotatable bonds is 7. The van der Waals surface area contributed by atoms with Gasteiger partial charge in [0.1, 0.15) is 5.75 Å². The van der Waals surface area contributed by atoms with Crippen LogP contribution in [0, 0.1) is 6.92 Å². The van der Waals surface area contributed by atoms with E-state index >= 15 is 0 Å². The maximum absolute atomic E-state index is 13.1. The van der Waals surface area contributed by atoms with E-state index in [0.717, 1.165) is 45.9 Å². The maximum Gasteiger partial charge on any atom is 0.233 e. The predicted molar refractivity (Wildman–Crippen MR) is 147 cm³/mol. The molecule has 186 valence electrons. The van der Waals surface area contributed by atoms with Gasteiger partial charge in [0.05, 0.1) is 23.4 Å². The van der Waals surface area contributed by atoms with Crippen LogP contribution in [0.4, 0.5) is 5.69 Å². The number of methoxy groups -OCH3 is 1. The van der Waals surface area contributed by atoms with Crippen molar-refractivity contribution >= 4 is 46.3 Å². The molecular weight excluding hydrogens is 514 g/mol. The largest absolute Gasteiger partial charge is 0.497 e. The molecule has 2 aromatic heterocycles. The molecule has 10 heteroatoms. The summed E-state index contributed by atoms with van der Waals surface area (Å²) in [5, 5.41) is 12.3. The molecule has 2 aromatic carbocycles. The molecule has 0 radical (unpaired) electrons. The Morgan fingerprint density at radius 1 is 1.08 bits per heavy atom. The maximum atomic E-state index is 13.1. The Hall–Kier alpha value is -3.01. The monoisotopic (exact) mass is 539 g/mol. The third-order valence-electron chi connectivity index (χ3n) is 6.17. The molecule has 0 aliphatic carbocycles. The van der Waals surface area contributed by atoms with Gasteiger partial charge in [-0.15, -0.1) is 21.5 Å². The number of carbonyl (C=O) groups is 1. The molecular formula is C26H26ClN5O2S2. The second-order valence-corrected chi connectivity index (χ2v) is 10.7. The summed E-state index contributed by atoms with van der Waals surface area (Å²) >= 11 is 9.23. The van der Waals surface area contributed by atoms with Crippen LogP contribution in [-0.2, 0) is 4.79 Å². The summed E-state index contributed by atoms with van der Waals surface area (Å²) in [4.78, 5) is 18.3. The molecule has 1 amide bonds. The smallest absolute Gasteiger partial charge is 0.233 e. The summed E-state index contributed by atoms with van der Waals surface area (Å²) in [6.07, 6.45) is 0. The average molecular weight is 540 g/mol. The van der Waals surface area contributed by atoms with Gasteiger partial charge in [-0.1, -0.05) is 35.5 Å². The zero-order chi connectivity index (χ0) is 25.1. The second kappa shape index (κ2) is 10.9. The van der Waals surface area contributed by atoms with E-state index in [0.29, 0.717) is 24.0 Å². The van der Waals surface area contributed by atoms with Crippen LogP contribution >= 0.6 is 34.7 Å². The number of hydrogen-bond donors (Lipinski definition) is 0. The number of ether oxygens (including phenoxy) is 1. The first-order valence-electron chi connectivity index (χ1n) is 11.6. The van der Waals surface area contributed by atoms with Gasteiger partial charge in [-0.2, -0.15) is 0 Å². The van der Waals surface area contributed by atoms with Crippen LogP contribution in [0.15, 0.2) is 65.1 Å². The summed E-state index contributed by atoms with van der Waals surface area (Å²) in [5.41, 5.74) is 3.25. The zero-order valence-corrected chi connectivity index (χ0v) is 22.4. The van der Waals surface area contributed by atoms with Gasteiger partial charge >= 0.3 is 0 Å². The van der Waals surface area contributed by atoms with Crippen molar-refractivity contribution < 1.29 is 9.53 Å². The highest BCUT2D eigenvalue weighted by atomic mass is 35.5. The van der Waals surface area contributed by atoms with Crippen molar-refractivity contribution in [3.8, 4) is 22.1 Å². The minimum atomic E-state index is 0.101. The van der Waals surface area contributed by atoms with E-state index in [4.69, 9.17) is 16.3 Å². The van der Waals surface area contributed by atoms with Gasteiger partial charge in [0, 0.05) is 36.9 Å². The summed E-state index contributed by atoms with van der Waals surface area (Å²) in [6, 6.07) is 17.7. The predicted octanol–water partition coefficient (Wildman–Crippen LogP) is 5.41. The number of amides is 1. The van der Waals surface area contributed by atoms with E-state index in [1.807, 2.05) is 69.4 Å². The number of aromatic nitrogens is 3. The molecule has 1 aliphatic rings. The summed E-state index contributed by atoms with van der Waals surface area (Å²) in [7, 11) is 1.65. The van der Waals surface area contributed by atoms with Gasteiger partial charge in [-0.3, -0.25) is 9.36 Å². The topological polar surface area (TPSA) is 63.5 Å².